The number of hydrogen-bond acceptors (Lipinski definition) is 6. The van der Waals surface area contributed by atoms with Crippen molar-refractivity contribution >= 4 is 17.9 Å². The minimum Gasteiger partial charge on any atom is -0.462 e. The van der Waals surface area contributed by atoms with Gasteiger partial charge in [-0.15, -0.1) is 0 Å². The maximum absolute atomic E-state index is 12.8. The Balaban J connectivity index is 4.42. The molecule has 0 aromatic rings. The van der Waals surface area contributed by atoms with Crippen LogP contribution in [0.4, 0.5) is 0 Å². The molecule has 0 aliphatic heterocycles. The summed E-state index contributed by atoms with van der Waals surface area (Å²) in [6.07, 6.45) is 64.5. The third-order valence-electron chi connectivity index (χ3n) is 11.2. The van der Waals surface area contributed by atoms with E-state index < -0.39 is 6.10 Å². The first-order valence-corrected chi connectivity index (χ1v) is 26.4. The van der Waals surface area contributed by atoms with Gasteiger partial charge in [0, 0.05) is 19.3 Å². The average molecular weight is 879 g/mol. The fourth-order valence-corrected chi connectivity index (χ4v) is 7.29. The van der Waals surface area contributed by atoms with Gasteiger partial charge in [0.2, 0.25) is 0 Å². The summed E-state index contributed by atoms with van der Waals surface area (Å²) < 4.78 is 16.8. The van der Waals surface area contributed by atoms with Gasteiger partial charge in [-0.2, -0.15) is 0 Å². The zero-order valence-electron chi connectivity index (χ0n) is 41.3. The summed E-state index contributed by atoms with van der Waals surface area (Å²) in [6.45, 7) is 6.40. The van der Waals surface area contributed by atoms with E-state index in [0.717, 1.165) is 135 Å². The lowest BCUT2D eigenvalue weighted by molar-refractivity contribution is -0.167. The second kappa shape index (κ2) is 51.5. The molecule has 0 aliphatic carbocycles. The Bertz CT molecular complexity index is 1190. The van der Waals surface area contributed by atoms with E-state index in [2.05, 4.69) is 93.7 Å². The summed E-state index contributed by atoms with van der Waals surface area (Å²) in [4.78, 5) is 38.0. The molecule has 0 saturated heterocycles. The second-order valence-corrected chi connectivity index (χ2v) is 17.4. The van der Waals surface area contributed by atoms with Crippen molar-refractivity contribution in [3.05, 3.63) is 72.9 Å². The van der Waals surface area contributed by atoms with E-state index in [9.17, 15) is 14.4 Å². The molecule has 0 saturated carbocycles. The average Bonchev–Trinajstić information content (AvgIpc) is 3.28. The highest BCUT2D eigenvalue weighted by Gasteiger charge is 2.19. The standard InChI is InChI=1S/C57H98O6/c1-4-7-10-13-16-19-22-25-28-31-34-37-40-43-46-49-55(58)61-52-54(63-57(60)51-48-45-42-39-36-33-30-27-24-21-18-15-12-9-6-3)53-62-56(59)50-47-44-41-38-35-32-29-26-23-20-17-14-11-8-5-2/h7,9-10,12,16,18-19,21,25,27-28,30,54H,4-6,8,11,13-15,17,20,22-24,26,29,31-53H2,1-3H3/b10-7+,12-9+,19-16+,21-18+,28-25+,30-27+/t54-/m0/s1. The predicted octanol–water partition coefficient (Wildman–Crippen LogP) is 17.4. The van der Waals surface area contributed by atoms with Crippen LogP contribution in [0.3, 0.4) is 0 Å². The summed E-state index contributed by atoms with van der Waals surface area (Å²) in [5.74, 6) is -0.916. The predicted molar refractivity (Wildman–Crippen MR) is 270 cm³/mol. The van der Waals surface area contributed by atoms with Crippen molar-refractivity contribution in [2.45, 2.75) is 258 Å². The van der Waals surface area contributed by atoms with Crippen LogP contribution in [0.5, 0.6) is 0 Å². The summed E-state index contributed by atoms with van der Waals surface area (Å²) in [6, 6.07) is 0. The molecule has 6 heteroatoms. The third-order valence-corrected chi connectivity index (χ3v) is 11.2. The van der Waals surface area contributed by atoms with Crippen LogP contribution in [0.25, 0.3) is 0 Å². The van der Waals surface area contributed by atoms with E-state index in [1.807, 2.05) is 0 Å². The molecule has 1 atom stereocenters. The number of carbonyl (C=O) groups is 3. The first-order chi connectivity index (χ1) is 31.0. The van der Waals surface area contributed by atoms with E-state index in [1.54, 1.807) is 0 Å². The number of esters is 3. The molecule has 0 N–H and O–H groups in total. The minimum atomic E-state index is -0.790. The Kier molecular flexibility index (Phi) is 48.9. The normalized spacial score (nSPS) is 12.6. The molecule has 0 fully saturated rings. The topological polar surface area (TPSA) is 78.9 Å². The molecule has 0 aromatic heterocycles. The first-order valence-electron chi connectivity index (χ1n) is 26.4. The van der Waals surface area contributed by atoms with Gasteiger partial charge in [-0.3, -0.25) is 14.4 Å². The van der Waals surface area contributed by atoms with Crippen molar-refractivity contribution in [2.24, 2.45) is 0 Å². The Morgan fingerprint density at radius 2 is 0.619 bits per heavy atom. The van der Waals surface area contributed by atoms with Gasteiger partial charge in [-0.1, -0.05) is 222 Å². The lowest BCUT2D eigenvalue weighted by atomic mass is 10.0. The molecular weight excluding hydrogens is 781 g/mol. The van der Waals surface area contributed by atoms with Crippen LogP contribution in [-0.4, -0.2) is 37.2 Å². The van der Waals surface area contributed by atoms with Crippen molar-refractivity contribution in [2.75, 3.05) is 13.2 Å². The Labute approximate surface area is 389 Å². The molecule has 0 unspecified atom stereocenters. The molecule has 63 heavy (non-hydrogen) atoms. The van der Waals surface area contributed by atoms with Gasteiger partial charge < -0.3 is 14.2 Å². The Morgan fingerprint density at radius 1 is 0.333 bits per heavy atom. The second-order valence-electron chi connectivity index (χ2n) is 17.4. The van der Waals surface area contributed by atoms with Crippen LogP contribution < -0.4 is 0 Å². The summed E-state index contributed by atoms with van der Waals surface area (Å²) in [7, 11) is 0. The largest absolute Gasteiger partial charge is 0.462 e. The zero-order valence-corrected chi connectivity index (χ0v) is 41.3. The van der Waals surface area contributed by atoms with Crippen molar-refractivity contribution in [1.82, 2.24) is 0 Å². The highest BCUT2D eigenvalue weighted by molar-refractivity contribution is 5.71. The molecule has 0 amide bonds. The molecule has 0 bridgehead atoms. The SMILES string of the molecule is CC/C=C/C/C=C/C/C=C/CCCCCCCC(=O)OC[C@@H](COC(=O)CCCCCCCCCCCCCCCCC)OC(=O)CCCCCCC/C=C/C/C=C/C/C=C/CC. The van der Waals surface area contributed by atoms with Crippen LogP contribution in [0.1, 0.15) is 252 Å². The highest BCUT2D eigenvalue weighted by atomic mass is 16.6. The molecule has 0 aliphatic rings. The number of unbranched alkanes of at least 4 members (excludes halogenated alkanes) is 24. The Hall–Kier alpha value is -3.15. The van der Waals surface area contributed by atoms with Gasteiger partial charge in [0.15, 0.2) is 6.10 Å². The number of ether oxygens (including phenoxy) is 3. The molecule has 0 rings (SSSR count). The van der Waals surface area contributed by atoms with E-state index in [-0.39, 0.29) is 31.1 Å². The summed E-state index contributed by atoms with van der Waals surface area (Å²) >= 11 is 0. The van der Waals surface area contributed by atoms with Crippen molar-refractivity contribution in [3.8, 4) is 0 Å². The monoisotopic (exact) mass is 879 g/mol. The lowest BCUT2D eigenvalue weighted by Crippen LogP contribution is -2.30. The van der Waals surface area contributed by atoms with Gasteiger partial charge in [-0.05, 0) is 83.5 Å². The van der Waals surface area contributed by atoms with Crippen LogP contribution in [0, 0.1) is 0 Å². The first kappa shape index (κ1) is 59.9. The van der Waals surface area contributed by atoms with E-state index in [0.29, 0.717) is 19.3 Å². The quantitative estimate of drug-likeness (QED) is 0.0262. The highest BCUT2D eigenvalue weighted by Crippen LogP contribution is 2.15. The van der Waals surface area contributed by atoms with Crippen molar-refractivity contribution in [1.29, 1.82) is 0 Å². The summed E-state index contributed by atoms with van der Waals surface area (Å²) in [5.41, 5.74) is 0. The number of rotatable bonds is 47. The van der Waals surface area contributed by atoms with Crippen LogP contribution >= 0.6 is 0 Å². The maximum Gasteiger partial charge on any atom is 0.306 e. The minimum absolute atomic E-state index is 0.0865. The van der Waals surface area contributed by atoms with Gasteiger partial charge in [-0.25, -0.2) is 0 Å². The Morgan fingerprint density at radius 3 is 0.968 bits per heavy atom. The fourth-order valence-electron chi connectivity index (χ4n) is 7.29. The van der Waals surface area contributed by atoms with Gasteiger partial charge >= 0.3 is 17.9 Å². The molecule has 362 valence electrons. The number of carbonyl (C=O) groups excluding carboxylic acids is 3. The fraction of sp³-hybridized carbons (Fsp3) is 0.737. The number of hydrogen-bond donors (Lipinski definition) is 0. The maximum atomic E-state index is 12.8. The van der Waals surface area contributed by atoms with Gasteiger partial charge in [0.1, 0.15) is 13.2 Å². The smallest absolute Gasteiger partial charge is 0.306 e. The van der Waals surface area contributed by atoms with Crippen molar-refractivity contribution < 1.29 is 28.6 Å². The lowest BCUT2D eigenvalue weighted by Gasteiger charge is -2.18. The van der Waals surface area contributed by atoms with Gasteiger partial charge in [0.05, 0.1) is 0 Å². The molecule has 0 radical (unpaired) electrons. The number of allylic oxidation sites excluding steroid dienone is 12. The molecule has 6 nitrogen and oxygen atoms in total. The van der Waals surface area contributed by atoms with Crippen LogP contribution in [0.2, 0.25) is 0 Å². The zero-order chi connectivity index (χ0) is 45.8. The molecule has 0 heterocycles. The van der Waals surface area contributed by atoms with Crippen molar-refractivity contribution in [3.63, 3.8) is 0 Å². The van der Waals surface area contributed by atoms with E-state index in [1.165, 1.54) is 77.0 Å². The van der Waals surface area contributed by atoms with Gasteiger partial charge in [0.25, 0.3) is 0 Å². The molecular formula is C57H98O6. The molecule has 0 spiro atoms. The summed E-state index contributed by atoms with van der Waals surface area (Å²) in [5, 5.41) is 0. The molecule has 0 aromatic carbocycles. The third kappa shape index (κ3) is 49.7. The van der Waals surface area contributed by atoms with E-state index >= 15 is 0 Å². The van der Waals surface area contributed by atoms with Crippen LogP contribution in [0.15, 0.2) is 72.9 Å². The van der Waals surface area contributed by atoms with E-state index in [4.69, 9.17) is 14.2 Å². The van der Waals surface area contributed by atoms with Crippen LogP contribution in [-0.2, 0) is 28.6 Å².